The van der Waals surface area contributed by atoms with Crippen LogP contribution in [-0.2, 0) is 9.53 Å². The molecule has 1 rings (SSSR count). The summed E-state index contributed by atoms with van der Waals surface area (Å²) in [5.41, 5.74) is 0.601. The van der Waals surface area contributed by atoms with Crippen LogP contribution in [0.5, 0.6) is 0 Å². The van der Waals surface area contributed by atoms with Crippen molar-refractivity contribution >= 4 is 17.8 Å². The number of nitro groups is 1. The SMILES string of the molecule is O=CO[CH]Nc1ccc([N+](=O)[O-])cc1. The first-order valence-electron chi connectivity index (χ1n) is 3.66. The molecule has 0 saturated carbocycles. The van der Waals surface area contributed by atoms with E-state index in [0.29, 0.717) is 5.69 Å². The van der Waals surface area contributed by atoms with Crippen LogP contribution in [0.2, 0.25) is 0 Å². The normalized spacial score (nSPS) is 9.14. The summed E-state index contributed by atoms with van der Waals surface area (Å²) in [6, 6.07) is 5.69. The van der Waals surface area contributed by atoms with E-state index in [-0.39, 0.29) is 12.2 Å². The van der Waals surface area contributed by atoms with E-state index in [0.717, 1.165) is 6.73 Å². The Kier molecular flexibility index (Phi) is 3.42. The van der Waals surface area contributed by atoms with Crippen LogP contribution in [0.4, 0.5) is 11.4 Å². The first-order chi connectivity index (χ1) is 6.74. The first-order valence-corrected chi connectivity index (χ1v) is 3.66. The molecule has 1 aromatic carbocycles. The summed E-state index contributed by atoms with van der Waals surface area (Å²) in [7, 11) is 0. The van der Waals surface area contributed by atoms with Crippen LogP contribution in [0.3, 0.4) is 0 Å². The molecule has 73 valence electrons. The predicted octanol–water partition coefficient (Wildman–Crippen LogP) is 1.30. The van der Waals surface area contributed by atoms with Crippen LogP contribution < -0.4 is 5.32 Å². The number of anilines is 1. The number of nitrogens with zero attached hydrogens (tertiary/aromatic N) is 1. The third-order valence-corrected chi connectivity index (χ3v) is 1.43. The second-order valence-electron chi connectivity index (χ2n) is 2.30. The summed E-state index contributed by atoms with van der Waals surface area (Å²) in [6.07, 6.45) is 0. The van der Waals surface area contributed by atoms with Crippen LogP contribution in [0.25, 0.3) is 0 Å². The zero-order chi connectivity index (χ0) is 10.4. The molecule has 0 spiro atoms. The average molecular weight is 195 g/mol. The highest BCUT2D eigenvalue weighted by Crippen LogP contribution is 2.15. The monoisotopic (exact) mass is 195 g/mol. The minimum absolute atomic E-state index is 0.00635. The molecule has 1 radical (unpaired) electrons. The van der Waals surface area contributed by atoms with Gasteiger partial charge in [-0.15, -0.1) is 0 Å². The fraction of sp³-hybridized carbons (Fsp3) is 0. The number of benzene rings is 1. The van der Waals surface area contributed by atoms with Gasteiger partial charge in [0.2, 0.25) is 6.73 Å². The van der Waals surface area contributed by atoms with Crippen LogP contribution in [-0.4, -0.2) is 11.4 Å². The van der Waals surface area contributed by atoms with E-state index >= 15 is 0 Å². The fourth-order valence-electron chi connectivity index (χ4n) is 0.809. The lowest BCUT2D eigenvalue weighted by molar-refractivity contribution is -0.384. The molecule has 0 fully saturated rings. The summed E-state index contributed by atoms with van der Waals surface area (Å²) in [4.78, 5) is 19.5. The lowest BCUT2D eigenvalue weighted by Gasteiger charge is -2.01. The second-order valence-corrected chi connectivity index (χ2v) is 2.30. The van der Waals surface area contributed by atoms with Crippen molar-refractivity contribution < 1.29 is 14.5 Å². The van der Waals surface area contributed by atoms with Crippen molar-refractivity contribution in [1.82, 2.24) is 0 Å². The Bertz CT molecular complexity index is 323. The van der Waals surface area contributed by atoms with E-state index < -0.39 is 4.92 Å². The molecule has 0 atom stereocenters. The van der Waals surface area contributed by atoms with Gasteiger partial charge in [0.1, 0.15) is 0 Å². The number of carbonyl (C=O) groups excluding carboxylic acids is 1. The van der Waals surface area contributed by atoms with E-state index in [2.05, 4.69) is 10.1 Å². The molecule has 1 N–H and O–H groups in total. The smallest absolute Gasteiger partial charge is 0.295 e. The van der Waals surface area contributed by atoms with Crippen LogP contribution in [0.15, 0.2) is 24.3 Å². The number of rotatable bonds is 5. The summed E-state index contributed by atoms with van der Waals surface area (Å²) in [5, 5.41) is 12.9. The number of hydrogen-bond acceptors (Lipinski definition) is 5. The molecule has 0 amide bonds. The minimum atomic E-state index is -0.491. The first kappa shape index (κ1) is 9.97. The molecule has 6 nitrogen and oxygen atoms in total. The third kappa shape index (κ3) is 2.74. The molecular formula is C8H7N2O4. The third-order valence-electron chi connectivity index (χ3n) is 1.43. The molecule has 0 aliphatic rings. The molecule has 0 aromatic heterocycles. The maximum Gasteiger partial charge on any atom is 0.295 e. The Labute approximate surface area is 79.6 Å². The van der Waals surface area contributed by atoms with E-state index in [1.54, 1.807) is 0 Å². The molecule has 0 heterocycles. The van der Waals surface area contributed by atoms with Crippen molar-refractivity contribution in [2.24, 2.45) is 0 Å². The Morgan fingerprint density at radius 2 is 2.00 bits per heavy atom. The fourth-order valence-corrected chi connectivity index (χ4v) is 0.809. The predicted molar refractivity (Wildman–Crippen MR) is 48.2 cm³/mol. The highest BCUT2D eigenvalue weighted by Gasteiger charge is 2.02. The molecule has 14 heavy (non-hydrogen) atoms. The maximum atomic E-state index is 10.3. The molecule has 6 heteroatoms. The van der Waals surface area contributed by atoms with Crippen LogP contribution in [0.1, 0.15) is 0 Å². The molecule has 1 aromatic rings. The number of carbonyl (C=O) groups is 1. The van der Waals surface area contributed by atoms with Gasteiger partial charge in [0.05, 0.1) is 4.92 Å². The van der Waals surface area contributed by atoms with Gasteiger partial charge >= 0.3 is 0 Å². The molecular weight excluding hydrogens is 188 g/mol. The van der Waals surface area contributed by atoms with Crippen molar-refractivity contribution in [1.29, 1.82) is 0 Å². The van der Waals surface area contributed by atoms with Crippen molar-refractivity contribution in [2.75, 3.05) is 5.32 Å². The number of nitro benzene ring substituents is 1. The highest BCUT2D eigenvalue weighted by atomic mass is 16.6. The van der Waals surface area contributed by atoms with Gasteiger partial charge in [-0.2, -0.15) is 0 Å². The van der Waals surface area contributed by atoms with Gasteiger partial charge in [-0.1, -0.05) is 0 Å². The summed E-state index contributed by atoms with van der Waals surface area (Å²) >= 11 is 0. The number of non-ortho nitro benzene ring substituents is 1. The summed E-state index contributed by atoms with van der Waals surface area (Å²) in [5.74, 6) is 0. The van der Waals surface area contributed by atoms with Crippen molar-refractivity contribution in [3.05, 3.63) is 41.1 Å². The van der Waals surface area contributed by atoms with Gasteiger partial charge < -0.3 is 10.1 Å². The lowest BCUT2D eigenvalue weighted by atomic mass is 10.3. The lowest BCUT2D eigenvalue weighted by Crippen LogP contribution is -1.97. The molecule has 0 aliphatic heterocycles. The van der Waals surface area contributed by atoms with Gasteiger partial charge in [-0.3, -0.25) is 14.9 Å². The van der Waals surface area contributed by atoms with Gasteiger partial charge in [0, 0.05) is 17.8 Å². The Balaban J connectivity index is 2.55. The number of ether oxygens (including phenoxy) is 1. The van der Waals surface area contributed by atoms with Gasteiger partial charge in [-0.05, 0) is 12.1 Å². The number of hydrogen-bond donors (Lipinski definition) is 1. The van der Waals surface area contributed by atoms with Crippen molar-refractivity contribution in [3.8, 4) is 0 Å². The van der Waals surface area contributed by atoms with Crippen LogP contribution >= 0.6 is 0 Å². The zero-order valence-electron chi connectivity index (χ0n) is 7.04. The largest absolute Gasteiger partial charge is 0.438 e. The number of nitrogens with one attached hydrogen (secondary N) is 1. The topological polar surface area (TPSA) is 81.5 Å². The molecule has 0 saturated heterocycles. The Hall–Kier alpha value is -2.11. The maximum absolute atomic E-state index is 10.3. The Morgan fingerprint density at radius 3 is 2.50 bits per heavy atom. The second kappa shape index (κ2) is 4.80. The van der Waals surface area contributed by atoms with E-state index in [1.807, 2.05) is 0 Å². The Morgan fingerprint density at radius 1 is 1.36 bits per heavy atom. The van der Waals surface area contributed by atoms with Gasteiger partial charge in [-0.25, -0.2) is 0 Å². The average Bonchev–Trinajstić information content (AvgIpc) is 2.19. The highest BCUT2D eigenvalue weighted by molar-refractivity contribution is 5.49. The van der Waals surface area contributed by atoms with Gasteiger partial charge in [0.25, 0.3) is 12.2 Å². The summed E-state index contributed by atoms with van der Waals surface area (Å²) < 4.78 is 4.26. The zero-order valence-corrected chi connectivity index (χ0v) is 7.04. The van der Waals surface area contributed by atoms with E-state index in [4.69, 9.17) is 0 Å². The minimum Gasteiger partial charge on any atom is -0.438 e. The summed E-state index contributed by atoms with van der Waals surface area (Å²) in [6.45, 7) is 1.34. The van der Waals surface area contributed by atoms with E-state index in [9.17, 15) is 14.9 Å². The van der Waals surface area contributed by atoms with Gasteiger partial charge in [0.15, 0.2) is 0 Å². The quantitative estimate of drug-likeness (QED) is 0.331. The van der Waals surface area contributed by atoms with Crippen molar-refractivity contribution in [3.63, 3.8) is 0 Å². The molecule has 0 unspecified atom stereocenters. The van der Waals surface area contributed by atoms with E-state index in [1.165, 1.54) is 24.3 Å². The standard InChI is InChI=1S/C8H7N2O4/c11-6-14-5-9-7-1-3-8(4-2-7)10(12)13/h1-6,9H. The molecule has 0 bridgehead atoms. The van der Waals surface area contributed by atoms with Crippen LogP contribution in [0, 0.1) is 16.8 Å². The molecule has 0 aliphatic carbocycles. The van der Waals surface area contributed by atoms with Crippen molar-refractivity contribution in [2.45, 2.75) is 0 Å².